The van der Waals surface area contributed by atoms with Crippen LogP contribution in [0.5, 0.6) is 0 Å². The first-order valence-electron chi connectivity index (χ1n) is 23.1. The molecule has 0 radical (unpaired) electrons. The number of para-hydroxylation sites is 2. The van der Waals surface area contributed by atoms with Crippen LogP contribution in [0.1, 0.15) is 87.2 Å². The smallest absolute Gasteiger partial charge is 0.179 e. The van der Waals surface area contributed by atoms with E-state index in [0.717, 1.165) is 33.9 Å². The van der Waals surface area contributed by atoms with Gasteiger partial charge in [0, 0.05) is 28.0 Å². The Morgan fingerprint density at radius 1 is 0.403 bits per heavy atom. The highest BCUT2D eigenvalue weighted by atomic mass is 28.3. The van der Waals surface area contributed by atoms with Gasteiger partial charge < -0.3 is 0 Å². The molecular formula is C58H53N3Si. The second-order valence-corrected chi connectivity index (χ2v) is 21.5. The monoisotopic (exact) mass is 819 g/mol. The first-order valence-corrected chi connectivity index (χ1v) is 25.1. The highest BCUT2D eigenvalue weighted by Gasteiger charge is 2.41. The van der Waals surface area contributed by atoms with Gasteiger partial charge >= 0.3 is 0 Å². The van der Waals surface area contributed by atoms with Crippen LogP contribution in [0, 0.1) is 0 Å². The molecule has 4 heteroatoms. The topological polar surface area (TPSA) is 30.7 Å². The molecule has 7 aromatic carbocycles. The first kappa shape index (κ1) is 38.6. The van der Waals surface area contributed by atoms with E-state index in [1.807, 2.05) is 0 Å². The zero-order chi connectivity index (χ0) is 41.3. The summed E-state index contributed by atoms with van der Waals surface area (Å²) in [5.41, 5.74) is 8.77. The third-order valence-electron chi connectivity index (χ3n) is 14.2. The zero-order valence-electron chi connectivity index (χ0n) is 35.5. The molecule has 304 valence electrons. The van der Waals surface area contributed by atoms with Gasteiger partial charge in [-0.2, -0.15) is 0 Å². The Morgan fingerprint density at radius 3 is 1.37 bits per heavy atom. The van der Waals surface area contributed by atoms with Crippen LogP contribution in [0.3, 0.4) is 0 Å². The molecule has 0 N–H and O–H groups in total. The summed E-state index contributed by atoms with van der Waals surface area (Å²) < 4.78 is 2.39. The fourth-order valence-electron chi connectivity index (χ4n) is 11.3. The van der Waals surface area contributed by atoms with Crippen LogP contribution in [0.25, 0.3) is 50.3 Å². The van der Waals surface area contributed by atoms with Crippen LogP contribution in [-0.2, 0) is 0 Å². The van der Waals surface area contributed by atoms with Gasteiger partial charge in [0.05, 0.1) is 16.7 Å². The Morgan fingerprint density at radius 2 is 0.855 bits per heavy atom. The van der Waals surface area contributed by atoms with E-state index >= 15 is 0 Å². The molecule has 11 rings (SSSR count). The third-order valence-corrected chi connectivity index (χ3v) is 18.9. The lowest BCUT2D eigenvalue weighted by Gasteiger charge is -2.34. The molecule has 0 spiro atoms. The van der Waals surface area contributed by atoms with Crippen molar-refractivity contribution in [3.05, 3.63) is 199 Å². The lowest BCUT2D eigenvalue weighted by molar-refractivity contribution is 0.436. The molecule has 2 aliphatic carbocycles. The van der Waals surface area contributed by atoms with E-state index in [9.17, 15) is 0 Å². The maximum Gasteiger partial charge on any atom is 0.179 e. The lowest BCUT2D eigenvalue weighted by Crippen LogP contribution is -2.74. The Hall–Kier alpha value is -6.36. The number of benzene rings is 7. The lowest BCUT2D eigenvalue weighted by atomic mass is 9.76. The second-order valence-electron chi connectivity index (χ2n) is 17.7. The van der Waals surface area contributed by atoms with Crippen molar-refractivity contribution in [3.63, 3.8) is 0 Å². The quantitative estimate of drug-likeness (QED) is 0.107. The fourth-order valence-corrected chi connectivity index (χ4v) is 16.1. The van der Waals surface area contributed by atoms with E-state index in [-0.39, 0.29) is 0 Å². The predicted octanol–water partition coefficient (Wildman–Crippen LogP) is 12.4. The molecule has 0 bridgehead atoms. The van der Waals surface area contributed by atoms with Crippen molar-refractivity contribution in [2.45, 2.75) is 76.0 Å². The minimum Gasteiger partial charge on any atom is -0.294 e. The standard InChI is InChI=1S/C58H53N3Si/c1-6-22-42(23-7-1)49-36-21-37-50(43-24-8-2-9-25-43)57(49)53-41-56(61-54-38-18-16-34-51(54)52-35-17-19-39-55(52)61)60-58(59-53)44-26-20-33-48(40-44)62(45-27-10-3-11-28-45,46-29-12-4-13-30-46)47-31-14-5-15-32-47/h3-5,10-21,26-43H,1-2,6-9,22-25H2. The molecule has 2 fully saturated rings. The molecule has 0 atom stereocenters. The number of aromatic nitrogens is 3. The Kier molecular flexibility index (Phi) is 10.5. The normalized spacial score (nSPS) is 15.3. The number of rotatable bonds is 9. The average molecular weight is 820 g/mol. The van der Waals surface area contributed by atoms with Crippen LogP contribution in [0.2, 0.25) is 0 Å². The van der Waals surface area contributed by atoms with E-state index in [1.54, 1.807) is 0 Å². The van der Waals surface area contributed by atoms with E-state index in [1.165, 1.54) is 112 Å². The Labute approximate surface area is 367 Å². The molecule has 3 nitrogen and oxygen atoms in total. The molecule has 0 unspecified atom stereocenters. The molecule has 62 heavy (non-hydrogen) atoms. The predicted molar refractivity (Wildman–Crippen MR) is 263 cm³/mol. The zero-order valence-corrected chi connectivity index (χ0v) is 36.5. The van der Waals surface area contributed by atoms with Crippen molar-refractivity contribution < 1.29 is 0 Å². The highest BCUT2D eigenvalue weighted by molar-refractivity contribution is 7.19. The fraction of sp³-hybridized carbons (Fsp3) is 0.207. The maximum absolute atomic E-state index is 5.79. The number of nitrogens with zero attached hydrogens (tertiary/aromatic N) is 3. The largest absolute Gasteiger partial charge is 0.294 e. The third kappa shape index (κ3) is 6.82. The molecule has 2 heterocycles. The average Bonchev–Trinajstić information content (AvgIpc) is 3.70. The van der Waals surface area contributed by atoms with Gasteiger partial charge in [-0.05, 0) is 81.5 Å². The summed E-state index contributed by atoms with van der Waals surface area (Å²) in [7, 11) is -2.80. The van der Waals surface area contributed by atoms with E-state index in [2.05, 4.69) is 193 Å². The van der Waals surface area contributed by atoms with Crippen LogP contribution < -0.4 is 20.7 Å². The summed E-state index contributed by atoms with van der Waals surface area (Å²) in [4.78, 5) is 11.5. The highest BCUT2D eigenvalue weighted by Crippen LogP contribution is 2.45. The molecule has 0 aliphatic heterocycles. The van der Waals surface area contributed by atoms with Crippen molar-refractivity contribution >= 4 is 50.6 Å². The first-order chi connectivity index (χ1) is 30.8. The van der Waals surface area contributed by atoms with Crippen molar-refractivity contribution in [3.8, 4) is 28.5 Å². The van der Waals surface area contributed by atoms with Crippen LogP contribution >= 0.6 is 0 Å². The summed E-state index contributed by atoms with van der Waals surface area (Å²) in [5, 5.41) is 7.86. The molecule has 2 saturated carbocycles. The Bertz CT molecular complexity index is 2790. The van der Waals surface area contributed by atoms with Gasteiger partial charge in [0.2, 0.25) is 0 Å². The number of hydrogen-bond donors (Lipinski definition) is 0. The van der Waals surface area contributed by atoms with Crippen LogP contribution in [0.4, 0.5) is 0 Å². The molecule has 2 aromatic heterocycles. The van der Waals surface area contributed by atoms with Crippen molar-refractivity contribution in [1.82, 2.24) is 14.5 Å². The maximum atomic E-state index is 5.79. The molecule has 0 saturated heterocycles. The minimum absolute atomic E-state index is 0.537. The van der Waals surface area contributed by atoms with Gasteiger partial charge in [-0.15, -0.1) is 0 Å². The van der Waals surface area contributed by atoms with Crippen molar-refractivity contribution in [2.24, 2.45) is 0 Å². The number of fused-ring (bicyclic) bond motifs is 3. The van der Waals surface area contributed by atoms with Crippen LogP contribution in [-0.4, -0.2) is 22.6 Å². The van der Waals surface area contributed by atoms with Gasteiger partial charge in [0.25, 0.3) is 0 Å². The van der Waals surface area contributed by atoms with Gasteiger partial charge in [0.15, 0.2) is 13.9 Å². The molecular weight excluding hydrogens is 767 g/mol. The second kappa shape index (κ2) is 16.8. The van der Waals surface area contributed by atoms with Crippen molar-refractivity contribution in [1.29, 1.82) is 0 Å². The van der Waals surface area contributed by atoms with Crippen LogP contribution in [0.15, 0.2) is 188 Å². The van der Waals surface area contributed by atoms with Gasteiger partial charge in [-0.25, -0.2) is 9.97 Å². The summed E-state index contributed by atoms with van der Waals surface area (Å²) in [6.07, 6.45) is 12.8. The molecule has 0 amide bonds. The number of hydrogen-bond acceptors (Lipinski definition) is 2. The summed E-state index contributed by atoms with van der Waals surface area (Å²) >= 11 is 0. The summed E-state index contributed by atoms with van der Waals surface area (Å²) in [6.45, 7) is 0. The van der Waals surface area contributed by atoms with Gasteiger partial charge in [-0.1, -0.05) is 208 Å². The van der Waals surface area contributed by atoms with E-state index < -0.39 is 8.07 Å². The van der Waals surface area contributed by atoms with Crippen molar-refractivity contribution in [2.75, 3.05) is 0 Å². The minimum atomic E-state index is -2.80. The van der Waals surface area contributed by atoms with E-state index in [4.69, 9.17) is 9.97 Å². The summed E-state index contributed by atoms with van der Waals surface area (Å²) in [6, 6.07) is 70.1. The van der Waals surface area contributed by atoms with Gasteiger partial charge in [-0.3, -0.25) is 4.57 Å². The molecule has 9 aromatic rings. The summed E-state index contributed by atoms with van der Waals surface area (Å²) in [5.74, 6) is 2.76. The van der Waals surface area contributed by atoms with Gasteiger partial charge in [0.1, 0.15) is 5.82 Å². The van der Waals surface area contributed by atoms with E-state index in [0.29, 0.717) is 11.8 Å². The molecule has 2 aliphatic rings. The SMILES string of the molecule is c1ccc([Si](c2ccccc2)(c2ccccc2)c2cccc(-c3nc(-c4c(C5CCCCC5)cccc4C4CCCCC4)cc(-n4c5ccccc5c5ccccc54)n3)c2)cc1. The Balaban J connectivity index is 1.20.